The van der Waals surface area contributed by atoms with Gasteiger partial charge in [0.25, 0.3) is 0 Å². The largest absolute Gasteiger partial charge is 0.493 e. The Morgan fingerprint density at radius 1 is 1.42 bits per heavy atom. The summed E-state index contributed by atoms with van der Waals surface area (Å²) in [6, 6.07) is 6.00. The molecule has 0 aliphatic carbocycles. The van der Waals surface area contributed by atoms with E-state index >= 15 is 0 Å². The molecular formula is C15H24N2O2. The maximum atomic E-state index is 11.9. The third-order valence-corrected chi connectivity index (χ3v) is 3.52. The van der Waals surface area contributed by atoms with Gasteiger partial charge in [0.15, 0.2) is 0 Å². The molecule has 1 aromatic carbocycles. The molecule has 4 nitrogen and oxygen atoms in total. The minimum absolute atomic E-state index is 0.0586. The van der Waals surface area contributed by atoms with Crippen LogP contribution in [0.25, 0.3) is 0 Å². The molecule has 1 unspecified atom stereocenters. The molecule has 0 fully saturated rings. The summed E-state index contributed by atoms with van der Waals surface area (Å²) in [4.78, 5) is 13.5. The second-order valence-electron chi connectivity index (χ2n) is 4.89. The highest BCUT2D eigenvalue weighted by molar-refractivity contribution is 5.76. The van der Waals surface area contributed by atoms with Crippen molar-refractivity contribution in [1.82, 2.24) is 4.90 Å². The fourth-order valence-corrected chi connectivity index (χ4v) is 1.71. The Kier molecular flexibility index (Phi) is 5.83. The first-order valence-corrected chi connectivity index (χ1v) is 6.62. The summed E-state index contributed by atoms with van der Waals surface area (Å²) < 4.78 is 5.67. The van der Waals surface area contributed by atoms with Crippen LogP contribution in [0.1, 0.15) is 24.5 Å². The van der Waals surface area contributed by atoms with Crippen molar-refractivity contribution in [3.63, 3.8) is 0 Å². The van der Waals surface area contributed by atoms with Crippen LogP contribution in [0.4, 0.5) is 0 Å². The van der Waals surface area contributed by atoms with Crippen LogP contribution in [0.2, 0.25) is 0 Å². The average Bonchev–Trinajstić information content (AvgIpc) is 2.41. The lowest BCUT2D eigenvalue weighted by molar-refractivity contribution is -0.132. The standard InChI is InChI=1S/C15H24N2O2/c1-11-6-5-7-14(13(11)3)19-9-8-15(18)17(4)12(2)10-16/h5-7,12H,8-10,16H2,1-4H3. The maximum Gasteiger partial charge on any atom is 0.226 e. The number of amides is 1. The van der Waals surface area contributed by atoms with Crippen LogP contribution in [0.5, 0.6) is 5.75 Å². The molecule has 4 heteroatoms. The van der Waals surface area contributed by atoms with Gasteiger partial charge in [-0.1, -0.05) is 12.1 Å². The minimum atomic E-state index is 0.0586. The molecule has 0 bridgehead atoms. The van der Waals surface area contributed by atoms with Gasteiger partial charge in [0.1, 0.15) is 5.75 Å². The molecule has 1 rings (SSSR count). The third-order valence-electron chi connectivity index (χ3n) is 3.52. The smallest absolute Gasteiger partial charge is 0.226 e. The van der Waals surface area contributed by atoms with Crippen LogP contribution >= 0.6 is 0 Å². The van der Waals surface area contributed by atoms with Crippen molar-refractivity contribution in [2.75, 3.05) is 20.2 Å². The van der Waals surface area contributed by atoms with Gasteiger partial charge >= 0.3 is 0 Å². The number of benzene rings is 1. The molecule has 0 saturated carbocycles. The van der Waals surface area contributed by atoms with Crippen molar-refractivity contribution in [3.8, 4) is 5.75 Å². The number of carbonyl (C=O) groups excluding carboxylic acids is 1. The summed E-state index contributed by atoms with van der Waals surface area (Å²) >= 11 is 0. The van der Waals surface area contributed by atoms with Crippen LogP contribution in [-0.4, -0.2) is 37.0 Å². The molecule has 0 heterocycles. The first-order valence-electron chi connectivity index (χ1n) is 6.62. The van der Waals surface area contributed by atoms with Crippen molar-refractivity contribution in [2.24, 2.45) is 5.73 Å². The Morgan fingerprint density at radius 3 is 2.74 bits per heavy atom. The van der Waals surface area contributed by atoms with Gasteiger partial charge in [0, 0.05) is 19.6 Å². The Hall–Kier alpha value is -1.55. The SMILES string of the molecule is Cc1cccc(OCCC(=O)N(C)C(C)CN)c1C. The van der Waals surface area contributed by atoms with Crippen LogP contribution in [0.15, 0.2) is 18.2 Å². The number of nitrogens with two attached hydrogens (primary N) is 1. The normalized spacial score (nSPS) is 12.1. The summed E-state index contributed by atoms with van der Waals surface area (Å²) in [5.74, 6) is 0.908. The van der Waals surface area contributed by atoms with E-state index in [-0.39, 0.29) is 11.9 Å². The average molecular weight is 264 g/mol. The van der Waals surface area contributed by atoms with Gasteiger partial charge < -0.3 is 15.4 Å². The molecule has 19 heavy (non-hydrogen) atoms. The number of nitrogens with zero attached hydrogens (tertiary/aromatic N) is 1. The molecule has 1 amide bonds. The number of rotatable bonds is 6. The van der Waals surface area contributed by atoms with Crippen molar-refractivity contribution in [3.05, 3.63) is 29.3 Å². The van der Waals surface area contributed by atoms with E-state index in [1.807, 2.05) is 39.0 Å². The number of aryl methyl sites for hydroxylation is 1. The molecular weight excluding hydrogens is 240 g/mol. The Bertz CT molecular complexity index is 432. The van der Waals surface area contributed by atoms with Gasteiger partial charge in [-0.05, 0) is 38.0 Å². The zero-order valence-corrected chi connectivity index (χ0v) is 12.3. The monoisotopic (exact) mass is 264 g/mol. The summed E-state index contributed by atoms with van der Waals surface area (Å²) in [6.45, 7) is 6.87. The van der Waals surface area contributed by atoms with Crippen LogP contribution in [-0.2, 0) is 4.79 Å². The first kappa shape index (κ1) is 15.5. The molecule has 1 atom stereocenters. The lowest BCUT2D eigenvalue weighted by atomic mass is 10.1. The number of likely N-dealkylation sites (N-methyl/N-ethyl adjacent to an activating group) is 1. The summed E-state index contributed by atoms with van der Waals surface area (Å²) in [7, 11) is 1.78. The summed E-state index contributed by atoms with van der Waals surface area (Å²) in [5.41, 5.74) is 7.86. The molecule has 106 valence electrons. The Balaban J connectivity index is 2.46. The minimum Gasteiger partial charge on any atom is -0.493 e. The lowest BCUT2D eigenvalue weighted by Gasteiger charge is -2.23. The van der Waals surface area contributed by atoms with E-state index in [9.17, 15) is 4.79 Å². The molecule has 0 saturated heterocycles. The van der Waals surface area contributed by atoms with Gasteiger partial charge in [-0.25, -0.2) is 0 Å². The highest BCUT2D eigenvalue weighted by atomic mass is 16.5. The highest BCUT2D eigenvalue weighted by Crippen LogP contribution is 2.20. The number of hydrogen-bond donors (Lipinski definition) is 1. The van der Waals surface area contributed by atoms with Gasteiger partial charge in [0.2, 0.25) is 5.91 Å². The summed E-state index contributed by atoms with van der Waals surface area (Å²) in [5, 5.41) is 0. The van der Waals surface area contributed by atoms with E-state index in [4.69, 9.17) is 10.5 Å². The van der Waals surface area contributed by atoms with E-state index in [0.29, 0.717) is 19.6 Å². The number of ether oxygens (including phenoxy) is 1. The van der Waals surface area contributed by atoms with E-state index in [1.165, 1.54) is 5.56 Å². The van der Waals surface area contributed by atoms with Gasteiger partial charge in [-0.15, -0.1) is 0 Å². The summed E-state index contributed by atoms with van der Waals surface area (Å²) in [6.07, 6.45) is 0.369. The van der Waals surface area contributed by atoms with E-state index < -0.39 is 0 Å². The number of hydrogen-bond acceptors (Lipinski definition) is 3. The van der Waals surface area contributed by atoms with Crippen molar-refractivity contribution in [1.29, 1.82) is 0 Å². The zero-order chi connectivity index (χ0) is 14.4. The first-order chi connectivity index (χ1) is 8.97. The zero-order valence-electron chi connectivity index (χ0n) is 12.3. The third kappa shape index (κ3) is 4.24. The molecule has 0 aliphatic rings. The molecule has 0 aliphatic heterocycles. The molecule has 0 radical (unpaired) electrons. The molecule has 1 aromatic rings. The van der Waals surface area contributed by atoms with Crippen LogP contribution in [0.3, 0.4) is 0 Å². The maximum absolute atomic E-state index is 11.9. The van der Waals surface area contributed by atoms with E-state index in [0.717, 1.165) is 11.3 Å². The van der Waals surface area contributed by atoms with Crippen LogP contribution in [0, 0.1) is 13.8 Å². The fourth-order valence-electron chi connectivity index (χ4n) is 1.71. The second kappa shape index (κ2) is 7.14. The number of carbonyl (C=O) groups is 1. The van der Waals surface area contributed by atoms with Gasteiger partial charge in [-0.2, -0.15) is 0 Å². The van der Waals surface area contributed by atoms with Gasteiger partial charge in [0.05, 0.1) is 13.0 Å². The molecule has 0 aromatic heterocycles. The van der Waals surface area contributed by atoms with Crippen molar-refractivity contribution >= 4 is 5.91 Å². The molecule has 0 spiro atoms. The van der Waals surface area contributed by atoms with E-state index in [1.54, 1.807) is 11.9 Å². The van der Waals surface area contributed by atoms with Crippen molar-refractivity contribution in [2.45, 2.75) is 33.2 Å². The lowest BCUT2D eigenvalue weighted by Crippen LogP contribution is -2.40. The molecule has 2 N–H and O–H groups in total. The van der Waals surface area contributed by atoms with Crippen LogP contribution < -0.4 is 10.5 Å². The second-order valence-corrected chi connectivity index (χ2v) is 4.89. The quantitative estimate of drug-likeness (QED) is 0.853. The van der Waals surface area contributed by atoms with Crippen molar-refractivity contribution < 1.29 is 9.53 Å². The van der Waals surface area contributed by atoms with E-state index in [2.05, 4.69) is 0 Å². The highest BCUT2D eigenvalue weighted by Gasteiger charge is 2.14. The Labute approximate surface area is 115 Å². The predicted molar refractivity (Wildman–Crippen MR) is 77.3 cm³/mol. The fraction of sp³-hybridized carbons (Fsp3) is 0.533. The van der Waals surface area contributed by atoms with Gasteiger partial charge in [-0.3, -0.25) is 4.79 Å². The Morgan fingerprint density at radius 2 is 2.11 bits per heavy atom. The predicted octanol–water partition coefficient (Wildman–Crippen LogP) is 1.88. The topological polar surface area (TPSA) is 55.6 Å².